The largest absolute Gasteiger partial charge is 0.192 e. The molecule has 1 nitrogen and oxygen atoms in total. The van der Waals surface area contributed by atoms with E-state index in [0.717, 1.165) is 5.56 Å². The standard InChI is InChI=1S/C21H24BrN/c1-20(2,3)17-12-11-16(18(19(17)22)21(4,5)6)15-9-7-14(13-23)8-10-15/h7-12H,1-6H3. The number of nitrogens with zero attached hydrogens (tertiary/aromatic N) is 1. The molecule has 0 N–H and O–H groups in total. The first-order valence-corrected chi connectivity index (χ1v) is 8.69. The number of hydrogen-bond acceptors (Lipinski definition) is 1. The Morgan fingerprint density at radius 3 is 1.83 bits per heavy atom. The number of benzene rings is 2. The fourth-order valence-electron chi connectivity index (χ4n) is 2.85. The van der Waals surface area contributed by atoms with Gasteiger partial charge in [0.1, 0.15) is 0 Å². The number of rotatable bonds is 1. The molecule has 120 valence electrons. The smallest absolute Gasteiger partial charge is 0.0991 e. The maximum Gasteiger partial charge on any atom is 0.0991 e. The summed E-state index contributed by atoms with van der Waals surface area (Å²) in [4.78, 5) is 0. The molecule has 0 aliphatic carbocycles. The lowest BCUT2D eigenvalue weighted by Gasteiger charge is -2.30. The molecule has 0 aromatic heterocycles. The summed E-state index contributed by atoms with van der Waals surface area (Å²) in [5.74, 6) is 0. The van der Waals surface area contributed by atoms with Crippen molar-refractivity contribution in [3.63, 3.8) is 0 Å². The molecule has 0 heterocycles. The van der Waals surface area contributed by atoms with Gasteiger partial charge in [-0.1, -0.05) is 81.7 Å². The van der Waals surface area contributed by atoms with Crippen LogP contribution in [0.15, 0.2) is 40.9 Å². The van der Waals surface area contributed by atoms with Gasteiger partial charge in [0.15, 0.2) is 0 Å². The average Bonchev–Trinajstić information content (AvgIpc) is 2.44. The van der Waals surface area contributed by atoms with E-state index in [1.54, 1.807) is 0 Å². The van der Waals surface area contributed by atoms with Crippen LogP contribution >= 0.6 is 15.9 Å². The van der Waals surface area contributed by atoms with E-state index in [1.165, 1.54) is 21.2 Å². The molecule has 0 aliphatic heterocycles. The Morgan fingerprint density at radius 2 is 1.39 bits per heavy atom. The van der Waals surface area contributed by atoms with Crippen molar-refractivity contribution in [2.24, 2.45) is 0 Å². The van der Waals surface area contributed by atoms with E-state index in [0.29, 0.717) is 5.56 Å². The highest BCUT2D eigenvalue weighted by Crippen LogP contribution is 2.43. The highest BCUT2D eigenvalue weighted by molar-refractivity contribution is 9.10. The molecule has 0 bridgehead atoms. The minimum Gasteiger partial charge on any atom is -0.192 e. The summed E-state index contributed by atoms with van der Waals surface area (Å²) >= 11 is 3.88. The molecule has 2 heteroatoms. The molecule has 0 aliphatic rings. The lowest BCUT2D eigenvalue weighted by atomic mass is 9.77. The average molecular weight is 370 g/mol. The van der Waals surface area contributed by atoms with Gasteiger partial charge in [0, 0.05) is 4.47 Å². The quantitative estimate of drug-likeness (QED) is 0.556. The van der Waals surface area contributed by atoms with Gasteiger partial charge in [0.2, 0.25) is 0 Å². The van der Waals surface area contributed by atoms with Gasteiger partial charge in [0.05, 0.1) is 11.6 Å². The van der Waals surface area contributed by atoms with Crippen molar-refractivity contribution in [2.45, 2.75) is 52.4 Å². The van der Waals surface area contributed by atoms with Crippen LogP contribution in [-0.4, -0.2) is 0 Å². The van der Waals surface area contributed by atoms with E-state index >= 15 is 0 Å². The summed E-state index contributed by atoms with van der Waals surface area (Å²) in [7, 11) is 0. The van der Waals surface area contributed by atoms with Crippen LogP contribution in [0.4, 0.5) is 0 Å². The Balaban J connectivity index is 2.74. The topological polar surface area (TPSA) is 23.8 Å². The highest BCUT2D eigenvalue weighted by Gasteiger charge is 2.27. The van der Waals surface area contributed by atoms with Gasteiger partial charge in [-0.3, -0.25) is 0 Å². The SMILES string of the molecule is CC(C)(C)c1ccc(-c2ccc(C#N)cc2)c(C(C)(C)C)c1Br. The lowest BCUT2D eigenvalue weighted by molar-refractivity contribution is 0.564. The molecule has 23 heavy (non-hydrogen) atoms. The fourth-order valence-corrected chi connectivity index (χ4v) is 4.39. The molecule has 2 aromatic carbocycles. The zero-order chi connectivity index (χ0) is 17.4. The Kier molecular flexibility index (Phi) is 4.74. The van der Waals surface area contributed by atoms with Crippen LogP contribution in [0.5, 0.6) is 0 Å². The summed E-state index contributed by atoms with van der Waals surface area (Å²) in [6.45, 7) is 13.4. The van der Waals surface area contributed by atoms with Crippen LogP contribution in [0.25, 0.3) is 11.1 Å². The molecular weight excluding hydrogens is 346 g/mol. The fraction of sp³-hybridized carbons (Fsp3) is 0.381. The predicted octanol–water partition coefficient (Wildman–Crippen LogP) is 6.58. The maximum absolute atomic E-state index is 9.00. The third kappa shape index (κ3) is 3.67. The number of halogens is 1. The molecule has 0 radical (unpaired) electrons. The molecule has 0 saturated heterocycles. The van der Waals surface area contributed by atoms with Crippen LogP contribution in [0, 0.1) is 11.3 Å². The molecule has 0 saturated carbocycles. The predicted molar refractivity (Wildman–Crippen MR) is 102 cm³/mol. The van der Waals surface area contributed by atoms with E-state index in [1.807, 2.05) is 24.3 Å². The first-order chi connectivity index (χ1) is 10.6. The Labute approximate surface area is 148 Å². The molecule has 0 unspecified atom stereocenters. The molecule has 0 amide bonds. The third-order valence-corrected chi connectivity index (χ3v) is 4.85. The molecule has 0 spiro atoms. The van der Waals surface area contributed by atoms with E-state index in [2.05, 4.69) is 75.7 Å². The van der Waals surface area contributed by atoms with E-state index in [9.17, 15) is 0 Å². The van der Waals surface area contributed by atoms with Gasteiger partial charge in [-0.05, 0) is 45.2 Å². The summed E-state index contributed by atoms with van der Waals surface area (Å²) in [6, 6.07) is 14.4. The highest BCUT2D eigenvalue weighted by atomic mass is 79.9. The van der Waals surface area contributed by atoms with Crippen molar-refractivity contribution >= 4 is 15.9 Å². The van der Waals surface area contributed by atoms with Crippen LogP contribution < -0.4 is 0 Å². The summed E-state index contributed by atoms with van der Waals surface area (Å²) in [6.07, 6.45) is 0. The zero-order valence-corrected chi connectivity index (χ0v) is 16.4. The monoisotopic (exact) mass is 369 g/mol. The second-order valence-electron chi connectivity index (χ2n) is 8.04. The Bertz CT molecular complexity index is 751. The first kappa shape index (κ1) is 17.8. The number of hydrogen-bond donors (Lipinski definition) is 0. The molecule has 0 atom stereocenters. The number of nitriles is 1. The maximum atomic E-state index is 9.00. The minimum absolute atomic E-state index is 0.0172. The van der Waals surface area contributed by atoms with E-state index < -0.39 is 0 Å². The Morgan fingerprint density at radius 1 is 0.826 bits per heavy atom. The van der Waals surface area contributed by atoms with Gasteiger partial charge in [0.25, 0.3) is 0 Å². The second kappa shape index (κ2) is 6.13. The van der Waals surface area contributed by atoms with E-state index in [-0.39, 0.29) is 10.8 Å². The summed E-state index contributed by atoms with van der Waals surface area (Å²) in [5.41, 5.74) is 5.80. The van der Waals surface area contributed by atoms with Crippen molar-refractivity contribution in [2.75, 3.05) is 0 Å². The van der Waals surface area contributed by atoms with Gasteiger partial charge >= 0.3 is 0 Å². The van der Waals surface area contributed by atoms with Gasteiger partial charge in [-0.2, -0.15) is 5.26 Å². The minimum atomic E-state index is 0.0172. The molecule has 2 rings (SSSR count). The van der Waals surface area contributed by atoms with Crippen molar-refractivity contribution in [3.05, 3.63) is 57.6 Å². The second-order valence-corrected chi connectivity index (χ2v) is 8.83. The lowest BCUT2D eigenvalue weighted by Crippen LogP contribution is -2.19. The molecule has 2 aromatic rings. The van der Waals surface area contributed by atoms with Crippen LogP contribution in [0.3, 0.4) is 0 Å². The first-order valence-electron chi connectivity index (χ1n) is 7.89. The molecular formula is C21H24BrN. The third-order valence-electron chi connectivity index (χ3n) is 4.02. The van der Waals surface area contributed by atoms with Crippen LogP contribution in [0.1, 0.15) is 58.2 Å². The van der Waals surface area contributed by atoms with Crippen molar-refractivity contribution < 1.29 is 0 Å². The summed E-state index contributed by atoms with van der Waals surface area (Å²) in [5, 5.41) is 9.00. The van der Waals surface area contributed by atoms with Crippen molar-refractivity contribution in [1.82, 2.24) is 0 Å². The zero-order valence-electron chi connectivity index (χ0n) is 14.8. The van der Waals surface area contributed by atoms with Gasteiger partial charge in [-0.15, -0.1) is 0 Å². The van der Waals surface area contributed by atoms with Crippen LogP contribution in [-0.2, 0) is 10.8 Å². The summed E-state index contributed by atoms with van der Waals surface area (Å²) < 4.78 is 1.19. The van der Waals surface area contributed by atoms with Crippen molar-refractivity contribution in [1.29, 1.82) is 5.26 Å². The van der Waals surface area contributed by atoms with Crippen LogP contribution in [0.2, 0.25) is 0 Å². The van der Waals surface area contributed by atoms with E-state index in [4.69, 9.17) is 5.26 Å². The van der Waals surface area contributed by atoms with Gasteiger partial charge in [-0.25, -0.2) is 0 Å². The Hall–Kier alpha value is -1.59. The normalized spacial score (nSPS) is 12.1. The molecule has 0 fully saturated rings. The van der Waals surface area contributed by atoms with Crippen molar-refractivity contribution in [3.8, 4) is 17.2 Å². The van der Waals surface area contributed by atoms with Gasteiger partial charge < -0.3 is 0 Å².